The van der Waals surface area contributed by atoms with Crippen molar-refractivity contribution in [1.82, 2.24) is 10.2 Å². The predicted molar refractivity (Wildman–Crippen MR) is 104 cm³/mol. The van der Waals surface area contributed by atoms with Crippen LogP contribution in [0.15, 0.2) is 41.0 Å². The first-order chi connectivity index (χ1) is 13.3. The molecule has 2 atom stereocenters. The average Bonchev–Trinajstić information content (AvgIpc) is 3.05. The van der Waals surface area contributed by atoms with Gasteiger partial charge in [-0.25, -0.2) is 4.79 Å². The Hall–Kier alpha value is -2.43. The van der Waals surface area contributed by atoms with Crippen molar-refractivity contribution >= 4 is 6.03 Å². The molecule has 144 valence electrons. The van der Waals surface area contributed by atoms with Crippen LogP contribution in [0.3, 0.4) is 0 Å². The Kier molecular flexibility index (Phi) is 5.37. The summed E-state index contributed by atoms with van der Waals surface area (Å²) in [6, 6.07) is 10.4. The van der Waals surface area contributed by atoms with Crippen LogP contribution in [0.25, 0.3) is 0 Å². The summed E-state index contributed by atoms with van der Waals surface area (Å²) in [5, 5.41) is 3.28. The number of ether oxygens (including phenoxy) is 1. The molecule has 2 aliphatic rings. The van der Waals surface area contributed by atoms with Crippen LogP contribution in [0.4, 0.5) is 4.79 Å². The summed E-state index contributed by atoms with van der Waals surface area (Å²) in [5.41, 5.74) is 2.32. The van der Waals surface area contributed by atoms with Crippen molar-refractivity contribution in [2.75, 3.05) is 13.7 Å². The highest BCUT2D eigenvalue weighted by molar-refractivity contribution is 5.75. The minimum Gasteiger partial charge on any atom is -0.497 e. The summed E-state index contributed by atoms with van der Waals surface area (Å²) < 4.78 is 10.8. The number of likely N-dealkylation sites (tertiary alicyclic amines) is 1. The molecule has 0 spiro atoms. The summed E-state index contributed by atoms with van der Waals surface area (Å²) in [6.07, 6.45) is 9.10. The zero-order valence-corrected chi connectivity index (χ0v) is 15.9. The Morgan fingerprint density at radius 2 is 1.96 bits per heavy atom. The Morgan fingerprint density at radius 1 is 1.11 bits per heavy atom. The largest absolute Gasteiger partial charge is 0.497 e. The number of carbonyl (C=O) groups excluding carboxylic acids is 1. The van der Waals surface area contributed by atoms with Crippen molar-refractivity contribution in [2.24, 2.45) is 0 Å². The molecular formula is C22H28N2O3. The van der Waals surface area contributed by atoms with Crippen molar-refractivity contribution in [1.29, 1.82) is 0 Å². The van der Waals surface area contributed by atoms with Gasteiger partial charge in [-0.05, 0) is 49.4 Å². The molecule has 2 heterocycles. The number of carbonyl (C=O) groups is 1. The Morgan fingerprint density at radius 3 is 2.78 bits per heavy atom. The lowest BCUT2D eigenvalue weighted by Gasteiger charge is -2.33. The minimum absolute atomic E-state index is 0.0387. The molecule has 1 aliphatic carbocycles. The molecular weight excluding hydrogens is 340 g/mol. The molecule has 1 aliphatic heterocycles. The van der Waals surface area contributed by atoms with E-state index >= 15 is 0 Å². The summed E-state index contributed by atoms with van der Waals surface area (Å²) >= 11 is 0. The van der Waals surface area contributed by atoms with Gasteiger partial charge in [-0.1, -0.05) is 25.0 Å². The van der Waals surface area contributed by atoms with Gasteiger partial charge in [0.2, 0.25) is 0 Å². The smallest absolute Gasteiger partial charge is 0.318 e. The monoisotopic (exact) mass is 368 g/mol. The lowest BCUT2D eigenvalue weighted by atomic mass is 9.93. The fraction of sp³-hybridized carbons (Fsp3) is 0.500. The van der Waals surface area contributed by atoms with Crippen LogP contribution in [0, 0.1) is 0 Å². The van der Waals surface area contributed by atoms with E-state index in [1.54, 1.807) is 13.4 Å². The van der Waals surface area contributed by atoms with E-state index < -0.39 is 0 Å². The minimum atomic E-state index is 0.0387. The number of rotatable bonds is 3. The summed E-state index contributed by atoms with van der Waals surface area (Å²) in [7, 11) is 1.68. The van der Waals surface area contributed by atoms with Crippen molar-refractivity contribution < 1.29 is 13.9 Å². The van der Waals surface area contributed by atoms with Gasteiger partial charge < -0.3 is 19.4 Å². The van der Waals surface area contributed by atoms with E-state index in [-0.39, 0.29) is 18.1 Å². The Balaban J connectivity index is 1.53. The van der Waals surface area contributed by atoms with Gasteiger partial charge >= 0.3 is 6.03 Å². The maximum Gasteiger partial charge on any atom is 0.318 e. The van der Waals surface area contributed by atoms with Gasteiger partial charge in [0.15, 0.2) is 0 Å². The summed E-state index contributed by atoms with van der Waals surface area (Å²) in [5.74, 6) is 1.87. The number of benzene rings is 1. The molecule has 2 amide bonds. The lowest BCUT2D eigenvalue weighted by Crippen LogP contribution is -2.44. The third-order valence-electron chi connectivity index (χ3n) is 5.86. The maximum absolute atomic E-state index is 13.2. The third kappa shape index (κ3) is 3.82. The molecule has 2 unspecified atom stereocenters. The molecule has 0 radical (unpaired) electrons. The first kappa shape index (κ1) is 18.0. The number of nitrogens with zero attached hydrogens (tertiary/aromatic N) is 1. The van der Waals surface area contributed by atoms with Gasteiger partial charge in [-0.2, -0.15) is 0 Å². The molecule has 0 saturated carbocycles. The van der Waals surface area contributed by atoms with E-state index in [4.69, 9.17) is 9.15 Å². The second-order valence-electron chi connectivity index (χ2n) is 7.53. The number of amides is 2. The van der Waals surface area contributed by atoms with Gasteiger partial charge in [0.25, 0.3) is 0 Å². The van der Waals surface area contributed by atoms with E-state index in [1.807, 2.05) is 23.1 Å². The van der Waals surface area contributed by atoms with Crippen molar-refractivity contribution in [3.05, 3.63) is 53.5 Å². The molecule has 0 bridgehead atoms. The van der Waals surface area contributed by atoms with Crippen LogP contribution < -0.4 is 10.1 Å². The van der Waals surface area contributed by atoms with Crippen LogP contribution in [0.1, 0.15) is 67.5 Å². The van der Waals surface area contributed by atoms with Crippen LogP contribution >= 0.6 is 0 Å². The van der Waals surface area contributed by atoms with Crippen LogP contribution in [0.5, 0.6) is 5.75 Å². The molecule has 1 fully saturated rings. The number of furan rings is 1. The first-order valence-electron chi connectivity index (χ1n) is 10.0. The number of fused-ring (bicyclic) bond motifs is 1. The van der Waals surface area contributed by atoms with E-state index in [2.05, 4.69) is 17.4 Å². The molecule has 1 aromatic carbocycles. The molecule has 2 aromatic rings. The fourth-order valence-electron chi connectivity index (χ4n) is 4.39. The number of hydrogen-bond donors (Lipinski definition) is 1. The molecule has 5 heteroatoms. The predicted octanol–water partition coefficient (Wildman–Crippen LogP) is 4.99. The normalized spacial score (nSPS) is 22.6. The topological polar surface area (TPSA) is 54.7 Å². The van der Waals surface area contributed by atoms with Crippen LogP contribution in [-0.4, -0.2) is 24.6 Å². The summed E-state index contributed by atoms with van der Waals surface area (Å²) in [6.45, 7) is 0.799. The zero-order valence-electron chi connectivity index (χ0n) is 15.9. The standard InChI is InChI=1S/C22H28N2O3/c1-26-17-11-9-16(10-12-17)20-7-3-2-4-14-24(20)22(25)23-19-6-5-8-21-18(19)13-15-27-21/h9-13,15,19-20H,2-8,14H2,1H3,(H,23,25). The molecule has 1 saturated heterocycles. The van der Waals surface area contributed by atoms with E-state index in [9.17, 15) is 4.79 Å². The lowest BCUT2D eigenvalue weighted by molar-refractivity contribution is 0.170. The molecule has 1 aromatic heterocycles. The van der Waals surface area contributed by atoms with E-state index in [0.29, 0.717) is 0 Å². The SMILES string of the molecule is COc1ccc(C2CCCCCN2C(=O)NC2CCCc3occc32)cc1. The Labute approximate surface area is 160 Å². The second-order valence-corrected chi connectivity index (χ2v) is 7.53. The van der Waals surface area contributed by atoms with E-state index in [0.717, 1.165) is 62.1 Å². The molecule has 4 rings (SSSR count). The van der Waals surface area contributed by atoms with Crippen molar-refractivity contribution in [3.63, 3.8) is 0 Å². The highest BCUT2D eigenvalue weighted by Gasteiger charge is 2.30. The third-order valence-corrected chi connectivity index (χ3v) is 5.86. The number of urea groups is 1. The highest BCUT2D eigenvalue weighted by atomic mass is 16.5. The van der Waals surface area contributed by atoms with Crippen molar-refractivity contribution in [3.8, 4) is 5.75 Å². The zero-order chi connectivity index (χ0) is 18.6. The van der Waals surface area contributed by atoms with Gasteiger partial charge in [-0.3, -0.25) is 0 Å². The van der Waals surface area contributed by atoms with Gasteiger partial charge in [0.05, 0.1) is 25.5 Å². The van der Waals surface area contributed by atoms with Gasteiger partial charge in [0, 0.05) is 18.5 Å². The number of nitrogens with one attached hydrogen (secondary N) is 1. The number of methoxy groups -OCH3 is 1. The van der Waals surface area contributed by atoms with Crippen LogP contribution in [0.2, 0.25) is 0 Å². The number of aryl methyl sites for hydroxylation is 1. The average molecular weight is 368 g/mol. The van der Waals surface area contributed by atoms with Crippen molar-refractivity contribution in [2.45, 2.75) is 57.0 Å². The second kappa shape index (κ2) is 8.07. The highest BCUT2D eigenvalue weighted by Crippen LogP contribution is 2.34. The van der Waals surface area contributed by atoms with Gasteiger partial charge in [-0.15, -0.1) is 0 Å². The number of hydrogen-bond acceptors (Lipinski definition) is 3. The van der Waals surface area contributed by atoms with Gasteiger partial charge in [0.1, 0.15) is 11.5 Å². The van der Waals surface area contributed by atoms with E-state index in [1.165, 1.54) is 12.0 Å². The fourth-order valence-corrected chi connectivity index (χ4v) is 4.39. The summed E-state index contributed by atoms with van der Waals surface area (Å²) in [4.78, 5) is 15.2. The Bertz CT molecular complexity index is 768. The first-order valence-corrected chi connectivity index (χ1v) is 10.0. The quantitative estimate of drug-likeness (QED) is 0.830. The van der Waals surface area contributed by atoms with Crippen LogP contribution in [-0.2, 0) is 6.42 Å². The molecule has 5 nitrogen and oxygen atoms in total. The molecule has 27 heavy (non-hydrogen) atoms. The molecule has 1 N–H and O–H groups in total. The maximum atomic E-state index is 13.2.